The number of likely N-dealkylation sites (N-methyl/N-ethyl adjacent to an activating group) is 1. The van der Waals surface area contributed by atoms with Gasteiger partial charge in [0.1, 0.15) is 0 Å². The Morgan fingerprint density at radius 2 is 2.11 bits per heavy atom. The van der Waals surface area contributed by atoms with Crippen LogP contribution in [0.3, 0.4) is 0 Å². The number of hydrogen-bond donors (Lipinski definition) is 2. The third-order valence-corrected chi connectivity index (χ3v) is 3.95. The summed E-state index contributed by atoms with van der Waals surface area (Å²) in [5.41, 5.74) is 2.05. The van der Waals surface area contributed by atoms with E-state index in [-0.39, 0.29) is 5.91 Å². The van der Waals surface area contributed by atoms with Gasteiger partial charge in [-0.1, -0.05) is 0 Å². The minimum Gasteiger partial charge on any atom is -0.336 e. The fraction of sp³-hybridized carbons (Fsp3) is 0.364. The molecule has 2 rings (SSSR count). The van der Waals surface area contributed by atoms with Crippen LogP contribution in [0.1, 0.15) is 14.5 Å². The Morgan fingerprint density at radius 3 is 2.79 bits per heavy atom. The highest BCUT2D eigenvalue weighted by Crippen LogP contribution is 2.19. The molecule has 102 valence electrons. The van der Waals surface area contributed by atoms with Gasteiger partial charge in [0, 0.05) is 25.0 Å². The summed E-state index contributed by atoms with van der Waals surface area (Å²) in [6.07, 6.45) is 0. The number of nitrogens with zero attached hydrogens (tertiary/aromatic N) is 2. The highest BCUT2D eigenvalue weighted by atomic mass is 32.1. The van der Waals surface area contributed by atoms with Crippen LogP contribution in [-0.4, -0.2) is 47.7 Å². The van der Waals surface area contributed by atoms with Gasteiger partial charge < -0.3 is 9.80 Å². The molecular formula is C11H14N4O3S. The third-order valence-electron chi connectivity index (χ3n) is 2.89. The second-order valence-electron chi connectivity index (χ2n) is 4.19. The van der Waals surface area contributed by atoms with Crippen LogP contribution in [0, 0.1) is 0 Å². The normalized spacial score (nSPS) is 15.9. The van der Waals surface area contributed by atoms with Crippen molar-refractivity contribution in [1.82, 2.24) is 15.2 Å². The summed E-state index contributed by atoms with van der Waals surface area (Å²) in [4.78, 5) is 38.8. The molecule has 3 amide bonds. The van der Waals surface area contributed by atoms with Crippen molar-refractivity contribution in [3.63, 3.8) is 0 Å². The molecule has 1 aliphatic rings. The topological polar surface area (TPSA) is 95.7 Å². The Morgan fingerprint density at radius 1 is 1.37 bits per heavy atom. The van der Waals surface area contributed by atoms with Crippen LogP contribution in [0.2, 0.25) is 0 Å². The standard InChI is InChI=1S/C11H14N4O3S/c1-14-4-5-15(11(18)10(14)17)6-7-2-3-8(19-7)9(16)13-12/h2-3H,4-6,12H2,1H3,(H,13,16). The molecule has 1 aliphatic heterocycles. The molecule has 1 aromatic heterocycles. The first kappa shape index (κ1) is 13.5. The van der Waals surface area contributed by atoms with Gasteiger partial charge in [-0.3, -0.25) is 19.8 Å². The quantitative estimate of drug-likeness (QED) is 0.327. The van der Waals surface area contributed by atoms with E-state index in [9.17, 15) is 14.4 Å². The summed E-state index contributed by atoms with van der Waals surface area (Å²) >= 11 is 1.25. The van der Waals surface area contributed by atoms with Gasteiger partial charge in [-0.15, -0.1) is 11.3 Å². The van der Waals surface area contributed by atoms with E-state index in [0.717, 1.165) is 4.88 Å². The number of thiophene rings is 1. The molecular weight excluding hydrogens is 268 g/mol. The first-order valence-electron chi connectivity index (χ1n) is 5.67. The molecule has 1 fully saturated rings. The van der Waals surface area contributed by atoms with Crippen molar-refractivity contribution in [3.8, 4) is 0 Å². The number of hydrazine groups is 1. The van der Waals surface area contributed by atoms with E-state index in [4.69, 9.17) is 5.84 Å². The van der Waals surface area contributed by atoms with Crippen molar-refractivity contribution in [2.45, 2.75) is 6.54 Å². The number of rotatable bonds is 3. The predicted molar refractivity (Wildman–Crippen MR) is 69.0 cm³/mol. The summed E-state index contributed by atoms with van der Waals surface area (Å²) < 4.78 is 0. The Hall–Kier alpha value is -1.93. The maximum Gasteiger partial charge on any atom is 0.312 e. The summed E-state index contributed by atoms with van der Waals surface area (Å²) in [5, 5.41) is 0. The van der Waals surface area contributed by atoms with Gasteiger partial charge >= 0.3 is 11.8 Å². The second kappa shape index (κ2) is 5.37. The number of nitrogen functional groups attached to an aromatic ring is 1. The Bertz CT molecular complexity index is 528. The van der Waals surface area contributed by atoms with Crippen molar-refractivity contribution in [3.05, 3.63) is 21.9 Å². The lowest BCUT2D eigenvalue weighted by molar-refractivity contribution is -0.155. The Labute approximate surface area is 113 Å². The molecule has 3 N–H and O–H groups in total. The molecule has 0 radical (unpaired) electrons. The zero-order chi connectivity index (χ0) is 14.0. The molecule has 0 unspecified atom stereocenters. The van der Waals surface area contributed by atoms with E-state index in [1.807, 2.05) is 0 Å². The van der Waals surface area contributed by atoms with Crippen LogP contribution in [-0.2, 0) is 16.1 Å². The minimum absolute atomic E-state index is 0.334. The molecule has 1 saturated heterocycles. The lowest BCUT2D eigenvalue weighted by Crippen LogP contribution is -2.52. The summed E-state index contributed by atoms with van der Waals surface area (Å²) in [7, 11) is 1.60. The average molecular weight is 282 g/mol. The smallest absolute Gasteiger partial charge is 0.312 e. The summed E-state index contributed by atoms with van der Waals surface area (Å²) in [5.74, 6) is 3.68. The van der Waals surface area contributed by atoms with Crippen molar-refractivity contribution in [2.24, 2.45) is 5.84 Å². The number of nitrogens with two attached hydrogens (primary N) is 1. The second-order valence-corrected chi connectivity index (χ2v) is 5.36. The molecule has 0 atom stereocenters. The molecule has 0 aromatic carbocycles. The molecule has 0 spiro atoms. The number of carbonyl (C=O) groups is 3. The Kier molecular flexibility index (Phi) is 3.82. The van der Waals surface area contributed by atoms with Crippen molar-refractivity contribution in [1.29, 1.82) is 0 Å². The van der Waals surface area contributed by atoms with Crippen molar-refractivity contribution in [2.75, 3.05) is 20.1 Å². The van der Waals surface area contributed by atoms with Crippen LogP contribution >= 0.6 is 11.3 Å². The largest absolute Gasteiger partial charge is 0.336 e. The van der Waals surface area contributed by atoms with Gasteiger partial charge in [-0.25, -0.2) is 5.84 Å². The van der Waals surface area contributed by atoms with Crippen LogP contribution in [0.5, 0.6) is 0 Å². The molecule has 7 nitrogen and oxygen atoms in total. The van der Waals surface area contributed by atoms with Gasteiger partial charge in [0.05, 0.1) is 11.4 Å². The highest BCUT2D eigenvalue weighted by Gasteiger charge is 2.30. The summed E-state index contributed by atoms with van der Waals surface area (Å²) in [6.45, 7) is 1.35. The zero-order valence-electron chi connectivity index (χ0n) is 10.4. The van der Waals surface area contributed by atoms with Crippen molar-refractivity contribution >= 4 is 29.1 Å². The molecule has 19 heavy (non-hydrogen) atoms. The first-order chi connectivity index (χ1) is 9.02. The SMILES string of the molecule is CN1CCN(Cc2ccc(C(=O)NN)s2)C(=O)C1=O. The van der Waals surface area contributed by atoms with E-state index in [0.29, 0.717) is 24.5 Å². The Balaban J connectivity index is 2.05. The lowest BCUT2D eigenvalue weighted by Gasteiger charge is -2.31. The van der Waals surface area contributed by atoms with E-state index < -0.39 is 11.8 Å². The fourth-order valence-corrected chi connectivity index (χ4v) is 2.69. The van der Waals surface area contributed by atoms with E-state index >= 15 is 0 Å². The molecule has 0 saturated carbocycles. The van der Waals surface area contributed by atoms with E-state index in [1.54, 1.807) is 19.2 Å². The molecule has 0 aliphatic carbocycles. The van der Waals surface area contributed by atoms with E-state index in [1.165, 1.54) is 21.1 Å². The van der Waals surface area contributed by atoms with Crippen LogP contribution < -0.4 is 11.3 Å². The molecule has 2 heterocycles. The van der Waals surface area contributed by atoms with Gasteiger partial charge in [0.25, 0.3) is 5.91 Å². The van der Waals surface area contributed by atoms with Gasteiger partial charge in [0.15, 0.2) is 0 Å². The fourth-order valence-electron chi connectivity index (χ4n) is 1.77. The molecule has 1 aromatic rings. The first-order valence-corrected chi connectivity index (χ1v) is 6.48. The van der Waals surface area contributed by atoms with Gasteiger partial charge in [-0.2, -0.15) is 0 Å². The molecule has 0 bridgehead atoms. The minimum atomic E-state index is -0.507. The van der Waals surface area contributed by atoms with Gasteiger partial charge in [0.2, 0.25) is 0 Å². The third kappa shape index (κ3) is 2.74. The molecule has 8 heteroatoms. The zero-order valence-corrected chi connectivity index (χ0v) is 11.2. The number of nitrogens with one attached hydrogen (secondary N) is 1. The number of carbonyl (C=O) groups excluding carboxylic acids is 3. The lowest BCUT2D eigenvalue weighted by atomic mass is 10.3. The summed E-state index contributed by atoms with van der Waals surface area (Å²) in [6, 6.07) is 3.40. The average Bonchev–Trinajstić information content (AvgIpc) is 2.87. The predicted octanol–water partition coefficient (Wildman–Crippen LogP) is -0.848. The number of hydrogen-bond acceptors (Lipinski definition) is 5. The van der Waals surface area contributed by atoms with Crippen LogP contribution in [0.25, 0.3) is 0 Å². The van der Waals surface area contributed by atoms with Crippen LogP contribution in [0.15, 0.2) is 12.1 Å². The monoisotopic (exact) mass is 282 g/mol. The number of piperazine rings is 1. The highest BCUT2D eigenvalue weighted by molar-refractivity contribution is 7.14. The number of amides is 3. The maximum atomic E-state index is 11.8. The maximum absolute atomic E-state index is 11.8. The van der Waals surface area contributed by atoms with Crippen molar-refractivity contribution < 1.29 is 14.4 Å². The van der Waals surface area contributed by atoms with Crippen LogP contribution in [0.4, 0.5) is 0 Å². The van der Waals surface area contributed by atoms with E-state index in [2.05, 4.69) is 5.43 Å². The van der Waals surface area contributed by atoms with Gasteiger partial charge in [-0.05, 0) is 12.1 Å².